The Morgan fingerprint density at radius 3 is 2.52 bits per heavy atom. The van der Waals surface area contributed by atoms with Gasteiger partial charge >= 0.3 is 0 Å². The second kappa shape index (κ2) is 8.59. The molecule has 0 heterocycles. The summed E-state index contributed by atoms with van der Waals surface area (Å²) in [5.74, 6) is -0.235. The number of halogens is 1. The molecule has 142 valence electrons. The molecule has 7 heteroatoms. The van der Waals surface area contributed by atoms with E-state index >= 15 is 0 Å². The van der Waals surface area contributed by atoms with Gasteiger partial charge in [0, 0.05) is 12.1 Å². The van der Waals surface area contributed by atoms with Crippen LogP contribution >= 0.6 is 11.6 Å². The van der Waals surface area contributed by atoms with Crippen molar-refractivity contribution in [2.75, 3.05) is 11.3 Å². The standard InChI is InChI=1S/C20H21ClN2O3S/c21-18-13-16(20(24)22-14-15-7-3-1-4-8-15)11-12-19(18)23-27(25,26)17-9-5-2-6-10-17/h2,5-7,9-13,23H,1,3-4,8,14H2,(H,22,24). The predicted molar refractivity (Wildman–Crippen MR) is 108 cm³/mol. The van der Waals surface area contributed by atoms with Crippen molar-refractivity contribution in [1.82, 2.24) is 5.32 Å². The van der Waals surface area contributed by atoms with Crippen LogP contribution in [0.15, 0.2) is 65.1 Å². The maximum absolute atomic E-state index is 12.4. The van der Waals surface area contributed by atoms with Crippen molar-refractivity contribution in [2.24, 2.45) is 0 Å². The molecule has 5 nitrogen and oxygen atoms in total. The molecule has 2 aromatic rings. The molecule has 0 saturated heterocycles. The fourth-order valence-corrected chi connectivity index (χ4v) is 4.29. The van der Waals surface area contributed by atoms with Crippen molar-refractivity contribution in [3.05, 3.63) is 70.8 Å². The third-order valence-electron chi connectivity index (χ3n) is 4.39. The molecule has 0 bridgehead atoms. The van der Waals surface area contributed by atoms with E-state index in [9.17, 15) is 13.2 Å². The molecule has 27 heavy (non-hydrogen) atoms. The normalized spacial score (nSPS) is 14.3. The molecule has 0 fully saturated rings. The molecule has 0 spiro atoms. The van der Waals surface area contributed by atoms with Crippen LogP contribution in [-0.2, 0) is 10.0 Å². The fourth-order valence-electron chi connectivity index (χ4n) is 2.90. The summed E-state index contributed by atoms with van der Waals surface area (Å²) in [5, 5.41) is 3.05. The van der Waals surface area contributed by atoms with Crippen molar-refractivity contribution in [2.45, 2.75) is 30.6 Å². The third-order valence-corrected chi connectivity index (χ3v) is 6.08. The molecule has 1 amide bonds. The first-order valence-electron chi connectivity index (χ1n) is 8.79. The second-order valence-corrected chi connectivity index (χ2v) is 8.49. The van der Waals surface area contributed by atoms with E-state index < -0.39 is 10.0 Å². The lowest BCUT2D eigenvalue weighted by atomic mass is 9.99. The number of anilines is 1. The van der Waals surface area contributed by atoms with E-state index in [0.717, 1.165) is 19.3 Å². The van der Waals surface area contributed by atoms with E-state index in [1.54, 1.807) is 24.3 Å². The molecule has 0 radical (unpaired) electrons. The van der Waals surface area contributed by atoms with Crippen LogP contribution in [0.4, 0.5) is 5.69 Å². The summed E-state index contributed by atoms with van der Waals surface area (Å²) in [6.07, 6.45) is 6.62. The van der Waals surface area contributed by atoms with E-state index in [0.29, 0.717) is 12.1 Å². The van der Waals surface area contributed by atoms with Gasteiger partial charge in [-0.25, -0.2) is 8.42 Å². The smallest absolute Gasteiger partial charge is 0.261 e. The number of hydrogen-bond donors (Lipinski definition) is 2. The highest BCUT2D eigenvalue weighted by Gasteiger charge is 2.16. The van der Waals surface area contributed by atoms with Crippen molar-refractivity contribution in [3.8, 4) is 0 Å². The molecule has 0 aromatic heterocycles. The number of sulfonamides is 1. The van der Waals surface area contributed by atoms with Gasteiger partial charge in [-0.2, -0.15) is 0 Å². The van der Waals surface area contributed by atoms with Crippen molar-refractivity contribution >= 4 is 33.2 Å². The highest BCUT2D eigenvalue weighted by atomic mass is 35.5. The Labute approximate surface area is 164 Å². The molecule has 0 aliphatic heterocycles. The maximum Gasteiger partial charge on any atom is 0.261 e. The predicted octanol–water partition coefficient (Wildman–Crippen LogP) is 4.37. The van der Waals surface area contributed by atoms with Crippen molar-refractivity contribution < 1.29 is 13.2 Å². The lowest BCUT2D eigenvalue weighted by molar-refractivity contribution is 0.0956. The van der Waals surface area contributed by atoms with Gasteiger partial charge in [0.05, 0.1) is 15.6 Å². The zero-order chi connectivity index (χ0) is 19.3. The zero-order valence-corrected chi connectivity index (χ0v) is 16.3. The lowest BCUT2D eigenvalue weighted by Crippen LogP contribution is -2.26. The van der Waals surface area contributed by atoms with Gasteiger partial charge in [-0.1, -0.05) is 41.4 Å². The first-order valence-corrected chi connectivity index (χ1v) is 10.7. The van der Waals surface area contributed by atoms with Gasteiger partial charge in [0.15, 0.2) is 0 Å². The van der Waals surface area contributed by atoms with Gasteiger partial charge < -0.3 is 5.32 Å². The molecule has 2 N–H and O–H groups in total. The van der Waals surface area contributed by atoms with Crippen LogP contribution in [-0.4, -0.2) is 20.9 Å². The highest BCUT2D eigenvalue weighted by molar-refractivity contribution is 7.92. The summed E-state index contributed by atoms with van der Waals surface area (Å²) in [4.78, 5) is 12.5. The third kappa shape index (κ3) is 5.11. The van der Waals surface area contributed by atoms with E-state index in [-0.39, 0.29) is 21.5 Å². The Balaban J connectivity index is 1.68. The van der Waals surface area contributed by atoms with E-state index in [1.807, 2.05) is 0 Å². The van der Waals surface area contributed by atoms with Gasteiger partial charge in [0.1, 0.15) is 0 Å². The molecular formula is C20H21ClN2O3S. The summed E-state index contributed by atoms with van der Waals surface area (Å²) in [5.41, 5.74) is 1.86. The van der Waals surface area contributed by atoms with Crippen LogP contribution < -0.4 is 10.0 Å². The summed E-state index contributed by atoms with van der Waals surface area (Å²) in [6.45, 7) is 0.527. The zero-order valence-electron chi connectivity index (χ0n) is 14.7. The summed E-state index contributed by atoms with van der Waals surface area (Å²) >= 11 is 6.20. The Morgan fingerprint density at radius 2 is 1.85 bits per heavy atom. The van der Waals surface area contributed by atoms with Crippen LogP contribution in [0, 0.1) is 0 Å². The Morgan fingerprint density at radius 1 is 1.07 bits per heavy atom. The number of rotatable bonds is 6. The molecule has 0 unspecified atom stereocenters. The fraction of sp³-hybridized carbons (Fsp3) is 0.250. The van der Waals surface area contributed by atoms with E-state index in [2.05, 4.69) is 16.1 Å². The van der Waals surface area contributed by atoms with Crippen molar-refractivity contribution in [3.63, 3.8) is 0 Å². The summed E-state index contributed by atoms with van der Waals surface area (Å²) < 4.78 is 27.2. The Hall–Kier alpha value is -2.31. The van der Waals surface area contributed by atoms with Gasteiger partial charge in [-0.3, -0.25) is 9.52 Å². The molecule has 0 atom stereocenters. The largest absolute Gasteiger partial charge is 0.348 e. The number of nitrogens with one attached hydrogen (secondary N) is 2. The van der Waals surface area contributed by atoms with Crippen LogP contribution in [0.25, 0.3) is 0 Å². The van der Waals surface area contributed by atoms with E-state index in [1.165, 1.54) is 36.3 Å². The minimum atomic E-state index is -3.74. The van der Waals surface area contributed by atoms with Crippen molar-refractivity contribution in [1.29, 1.82) is 0 Å². The minimum Gasteiger partial charge on any atom is -0.348 e. The second-order valence-electron chi connectivity index (χ2n) is 6.40. The number of carbonyl (C=O) groups excluding carboxylic acids is 1. The van der Waals surface area contributed by atoms with E-state index in [4.69, 9.17) is 11.6 Å². The number of carbonyl (C=O) groups is 1. The van der Waals surface area contributed by atoms with Gasteiger partial charge in [-0.15, -0.1) is 0 Å². The molecule has 1 aliphatic carbocycles. The first kappa shape index (κ1) is 19.5. The number of benzene rings is 2. The van der Waals surface area contributed by atoms with Crippen LogP contribution in [0.1, 0.15) is 36.0 Å². The SMILES string of the molecule is O=C(NCC1=CCCCC1)c1ccc(NS(=O)(=O)c2ccccc2)c(Cl)c1. The van der Waals surface area contributed by atoms with Crippen LogP contribution in [0.5, 0.6) is 0 Å². The molecule has 1 aliphatic rings. The van der Waals surface area contributed by atoms with Gasteiger partial charge in [0.2, 0.25) is 0 Å². The first-order chi connectivity index (χ1) is 13.0. The average molecular weight is 405 g/mol. The van der Waals surface area contributed by atoms with Gasteiger partial charge in [-0.05, 0) is 56.0 Å². The molecule has 2 aromatic carbocycles. The molecular weight excluding hydrogens is 384 g/mol. The highest BCUT2D eigenvalue weighted by Crippen LogP contribution is 2.26. The van der Waals surface area contributed by atoms with Crippen LogP contribution in [0.3, 0.4) is 0 Å². The monoisotopic (exact) mass is 404 g/mol. The quantitative estimate of drug-likeness (QED) is 0.702. The summed E-state index contributed by atoms with van der Waals surface area (Å²) in [6, 6.07) is 12.5. The Bertz CT molecular complexity index is 956. The topological polar surface area (TPSA) is 75.3 Å². The lowest BCUT2D eigenvalue weighted by Gasteiger charge is -2.14. The molecule has 3 rings (SSSR count). The summed E-state index contributed by atoms with van der Waals surface area (Å²) in [7, 11) is -3.74. The molecule has 0 saturated carbocycles. The number of hydrogen-bond acceptors (Lipinski definition) is 3. The average Bonchev–Trinajstić information content (AvgIpc) is 2.69. The number of amides is 1. The number of allylic oxidation sites excluding steroid dienone is 1. The minimum absolute atomic E-state index is 0.142. The maximum atomic E-state index is 12.4. The van der Waals surface area contributed by atoms with Crippen LogP contribution in [0.2, 0.25) is 5.02 Å². The Kier molecular flexibility index (Phi) is 6.19. The van der Waals surface area contributed by atoms with Gasteiger partial charge in [0.25, 0.3) is 15.9 Å².